The van der Waals surface area contributed by atoms with Gasteiger partial charge in [0.2, 0.25) is 5.88 Å². The van der Waals surface area contributed by atoms with E-state index in [2.05, 4.69) is 78.5 Å². The maximum absolute atomic E-state index is 11.9. The predicted octanol–water partition coefficient (Wildman–Crippen LogP) is 5.96. The van der Waals surface area contributed by atoms with Crippen LogP contribution in [0.4, 0.5) is 0 Å². The molecule has 4 aromatic rings. The standard InChI is InChI=1S/C36H49BIN7O6/c1-23(19-42(7)21-29-33(38)24(2)44(39-29)22-32(46)47-9)49-34-27(20-43(8)41-34)25-13-14-30-26(18-25)28(40-45(30)31-12-10-11-17-48-31)15-16-37-50-35(3,4)36(5,6)51-37/h13-16,18,20,23,31H,10-12,17,19,21-22H2,1-9H3/b16-15+/t23-,31-/m0/s1. The number of hydrogen-bond acceptors (Lipinski definition) is 10. The zero-order valence-electron chi connectivity index (χ0n) is 31.1. The zero-order chi connectivity index (χ0) is 36.7. The number of aromatic nitrogens is 6. The van der Waals surface area contributed by atoms with Crippen molar-refractivity contribution in [3.05, 3.63) is 51.0 Å². The van der Waals surface area contributed by atoms with Crippen LogP contribution in [0, 0.1) is 10.5 Å². The Morgan fingerprint density at radius 3 is 2.61 bits per heavy atom. The molecule has 2 aliphatic rings. The fraction of sp³-hybridized carbons (Fsp3) is 0.556. The van der Waals surface area contributed by atoms with Gasteiger partial charge in [-0.25, -0.2) is 4.68 Å². The van der Waals surface area contributed by atoms with Crippen LogP contribution in [0.5, 0.6) is 5.88 Å². The average molecular weight is 814 g/mol. The predicted molar refractivity (Wildman–Crippen MR) is 204 cm³/mol. The number of nitrogens with zero attached hydrogens (tertiary/aromatic N) is 7. The van der Waals surface area contributed by atoms with Crippen LogP contribution in [0.25, 0.3) is 28.1 Å². The molecule has 15 heteroatoms. The molecule has 0 unspecified atom stereocenters. The lowest BCUT2D eigenvalue weighted by Gasteiger charge is -2.32. The van der Waals surface area contributed by atoms with Gasteiger partial charge < -0.3 is 23.5 Å². The topological polar surface area (TPSA) is 120 Å². The maximum atomic E-state index is 11.9. The van der Waals surface area contributed by atoms with Crippen LogP contribution < -0.4 is 4.74 Å². The Kier molecular flexibility index (Phi) is 11.0. The summed E-state index contributed by atoms with van der Waals surface area (Å²) in [7, 11) is 4.83. The van der Waals surface area contributed by atoms with Gasteiger partial charge in [0, 0.05) is 44.0 Å². The number of halogens is 1. The first-order chi connectivity index (χ1) is 24.2. The fourth-order valence-electron chi connectivity index (χ4n) is 6.50. The van der Waals surface area contributed by atoms with E-state index in [4.69, 9.17) is 33.7 Å². The van der Waals surface area contributed by atoms with E-state index in [0.29, 0.717) is 19.0 Å². The van der Waals surface area contributed by atoms with Crippen molar-refractivity contribution >= 4 is 52.7 Å². The van der Waals surface area contributed by atoms with E-state index in [1.807, 2.05) is 50.9 Å². The Morgan fingerprint density at radius 2 is 1.92 bits per heavy atom. The first-order valence-corrected chi connectivity index (χ1v) is 18.6. The number of methoxy groups -OCH3 is 1. The molecule has 0 amide bonds. The summed E-state index contributed by atoms with van der Waals surface area (Å²) in [6.45, 7) is 14.3. The molecule has 0 bridgehead atoms. The highest BCUT2D eigenvalue weighted by atomic mass is 127. The van der Waals surface area contributed by atoms with Gasteiger partial charge in [-0.05, 0) is 114 Å². The number of rotatable bonds is 12. The molecule has 2 fully saturated rings. The van der Waals surface area contributed by atoms with E-state index in [1.165, 1.54) is 7.11 Å². The fourth-order valence-corrected chi connectivity index (χ4v) is 7.05. The lowest BCUT2D eigenvalue weighted by molar-refractivity contribution is -0.141. The maximum Gasteiger partial charge on any atom is 0.487 e. The molecule has 2 atom stereocenters. The summed E-state index contributed by atoms with van der Waals surface area (Å²) < 4.78 is 36.5. The van der Waals surface area contributed by atoms with Gasteiger partial charge in [-0.15, -0.1) is 5.10 Å². The third-order valence-corrected chi connectivity index (χ3v) is 11.4. The molecule has 0 aliphatic carbocycles. The van der Waals surface area contributed by atoms with Gasteiger partial charge in [-0.3, -0.25) is 19.1 Å². The Bertz CT molecular complexity index is 1890. The summed E-state index contributed by atoms with van der Waals surface area (Å²) in [5, 5.41) is 15.4. The van der Waals surface area contributed by atoms with Crippen LogP contribution in [0.15, 0.2) is 30.4 Å². The minimum absolute atomic E-state index is 0.0861. The lowest BCUT2D eigenvalue weighted by Crippen LogP contribution is -2.41. The summed E-state index contributed by atoms with van der Waals surface area (Å²) in [4.78, 5) is 14.0. The number of fused-ring (bicyclic) bond motifs is 1. The molecule has 0 spiro atoms. The summed E-state index contributed by atoms with van der Waals surface area (Å²) >= 11 is 2.29. The molecule has 0 radical (unpaired) electrons. The van der Waals surface area contributed by atoms with E-state index < -0.39 is 18.3 Å². The molecule has 2 saturated heterocycles. The van der Waals surface area contributed by atoms with Gasteiger partial charge in [-0.1, -0.05) is 12.0 Å². The average Bonchev–Trinajstić information content (AvgIpc) is 3.77. The smallest absolute Gasteiger partial charge is 0.472 e. The van der Waals surface area contributed by atoms with Gasteiger partial charge in [0.05, 0.1) is 44.4 Å². The molecule has 0 N–H and O–H groups in total. The highest BCUT2D eigenvalue weighted by molar-refractivity contribution is 14.1. The van der Waals surface area contributed by atoms with Gasteiger partial charge in [0.1, 0.15) is 12.6 Å². The molecule has 51 heavy (non-hydrogen) atoms. The van der Waals surface area contributed by atoms with Crippen molar-refractivity contribution in [3.8, 4) is 17.0 Å². The van der Waals surface area contributed by atoms with Crippen LogP contribution in [0.2, 0.25) is 0 Å². The van der Waals surface area contributed by atoms with Gasteiger partial charge in [0.15, 0.2) is 6.23 Å². The van der Waals surface area contributed by atoms with Crippen molar-refractivity contribution in [2.45, 2.75) is 97.4 Å². The van der Waals surface area contributed by atoms with Crippen molar-refractivity contribution in [3.63, 3.8) is 0 Å². The van der Waals surface area contributed by atoms with Crippen molar-refractivity contribution < 1.29 is 28.3 Å². The minimum atomic E-state index is -0.481. The Hall–Kier alpha value is -3.25. The molecule has 2 aliphatic heterocycles. The Morgan fingerprint density at radius 1 is 1.18 bits per heavy atom. The molecular weight excluding hydrogens is 764 g/mol. The van der Waals surface area contributed by atoms with E-state index in [9.17, 15) is 4.79 Å². The van der Waals surface area contributed by atoms with Crippen LogP contribution in [-0.2, 0) is 43.7 Å². The molecule has 5 heterocycles. The van der Waals surface area contributed by atoms with Gasteiger partial charge in [0.25, 0.3) is 0 Å². The van der Waals surface area contributed by atoms with E-state index in [0.717, 1.165) is 68.6 Å². The summed E-state index contributed by atoms with van der Waals surface area (Å²) in [5.41, 5.74) is 4.66. The van der Waals surface area contributed by atoms with E-state index in [-0.39, 0.29) is 24.8 Å². The Balaban J connectivity index is 1.23. The second-order valence-electron chi connectivity index (χ2n) is 14.6. The van der Waals surface area contributed by atoms with Crippen LogP contribution in [0.1, 0.15) is 77.2 Å². The first kappa shape index (κ1) is 37.5. The van der Waals surface area contributed by atoms with Crippen molar-refractivity contribution in [2.75, 3.05) is 27.3 Å². The SMILES string of the molecule is COC(=O)Cn1nc(CN(C)C[C@H](C)Oc2nn(C)cc2-c2ccc3c(c2)c(/C=C/B2OC(C)(C)C(C)(C)O2)nn3[C@@H]2CCCCO2)c(I)c1C. The molecule has 13 nitrogen and oxygen atoms in total. The van der Waals surface area contributed by atoms with Gasteiger partial charge >= 0.3 is 13.1 Å². The Labute approximate surface area is 313 Å². The molecule has 6 rings (SSSR count). The second-order valence-corrected chi connectivity index (χ2v) is 15.7. The molecule has 3 aromatic heterocycles. The number of hydrogen-bond donors (Lipinski definition) is 0. The monoisotopic (exact) mass is 813 g/mol. The lowest BCUT2D eigenvalue weighted by atomic mass is 9.89. The molecule has 274 valence electrons. The number of likely N-dealkylation sites (N-methyl/N-ethyl adjacent to an activating group) is 1. The van der Waals surface area contributed by atoms with Crippen molar-refractivity contribution in [2.24, 2.45) is 7.05 Å². The van der Waals surface area contributed by atoms with Gasteiger partial charge in [-0.2, -0.15) is 10.2 Å². The second kappa shape index (κ2) is 15.0. The largest absolute Gasteiger partial charge is 0.487 e. The number of ether oxygens (including phenoxy) is 3. The molecule has 1 aromatic carbocycles. The molecular formula is C36H49BIN7O6. The number of carbonyl (C=O) groups is 1. The number of aryl methyl sites for hydroxylation is 1. The quantitative estimate of drug-likeness (QED) is 0.0963. The number of esters is 1. The summed E-state index contributed by atoms with van der Waals surface area (Å²) in [5.74, 6) is 2.17. The minimum Gasteiger partial charge on any atom is -0.472 e. The number of carbonyl (C=O) groups excluding carboxylic acids is 1. The van der Waals surface area contributed by atoms with Crippen LogP contribution >= 0.6 is 22.6 Å². The highest BCUT2D eigenvalue weighted by Crippen LogP contribution is 2.38. The zero-order valence-corrected chi connectivity index (χ0v) is 33.3. The van der Waals surface area contributed by atoms with E-state index >= 15 is 0 Å². The van der Waals surface area contributed by atoms with Crippen LogP contribution in [-0.4, -0.2) is 91.9 Å². The van der Waals surface area contributed by atoms with Crippen molar-refractivity contribution in [1.82, 2.24) is 34.2 Å². The highest BCUT2D eigenvalue weighted by Gasteiger charge is 2.50. The van der Waals surface area contributed by atoms with E-state index in [1.54, 1.807) is 9.36 Å². The third kappa shape index (κ3) is 8.07. The summed E-state index contributed by atoms with van der Waals surface area (Å²) in [6.07, 6.45) is 6.77. The van der Waals surface area contributed by atoms with Crippen molar-refractivity contribution in [1.29, 1.82) is 0 Å². The normalized spacial score (nSPS) is 19.4. The van der Waals surface area contributed by atoms with Crippen LogP contribution in [0.3, 0.4) is 0 Å². The number of benzene rings is 1. The summed E-state index contributed by atoms with van der Waals surface area (Å²) in [6, 6.07) is 6.36. The molecule has 0 saturated carbocycles. The third-order valence-electron chi connectivity index (χ3n) is 9.96. The first-order valence-electron chi connectivity index (χ1n) is 17.5.